The zero-order valence-corrected chi connectivity index (χ0v) is 13.3. The molecular weight excluding hydrogens is 302 g/mol. The summed E-state index contributed by atoms with van der Waals surface area (Å²) in [7, 11) is 1.40. The third-order valence-electron chi connectivity index (χ3n) is 3.01. The Hall–Kier alpha value is -1.85. The van der Waals surface area contributed by atoms with Crippen molar-refractivity contribution in [1.29, 1.82) is 0 Å². The number of rotatable bonds is 3. The van der Waals surface area contributed by atoms with Crippen molar-refractivity contribution in [3.8, 4) is 0 Å². The number of benzene rings is 1. The Morgan fingerprint density at radius 1 is 1.29 bits per heavy atom. The van der Waals surface area contributed by atoms with Gasteiger partial charge in [0.2, 0.25) is 0 Å². The third-order valence-corrected chi connectivity index (χ3v) is 5.10. The van der Waals surface area contributed by atoms with Crippen molar-refractivity contribution in [1.82, 2.24) is 4.98 Å². The van der Waals surface area contributed by atoms with Crippen molar-refractivity contribution in [3.63, 3.8) is 0 Å². The van der Waals surface area contributed by atoms with Gasteiger partial charge in [-0.1, -0.05) is 29.5 Å². The molecule has 0 atom stereocenters. The van der Waals surface area contributed by atoms with Gasteiger partial charge >= 0.3 is 5.97 Å². The summed E-state index contributed by atoms with van der Waals surface area (Å²) in [6, 6.07) is 10.2. The lowest BCUT2D eigenvalue weighted by Gasteiger charge is -2.03. The van der Waals surface area contributed by atoms with E-state index in [-0.39, 0.29) is 5.97 Å². The van der Waals surface area contributed by atoms with Crippen molar-refractivity contribution in [2.24, 2.45) is 0 Å². The first kappa shape index (κ1) is 14.1. The summed E-state index contributed by atoms with van der Waals surface area (Å²) in [6.07, 6.45) is 3.62. The molecule has 0 aliphatic carbocycles. The number of aryl methyl sites for hydroxylation is 1. The molecule has 2 aromatic heterocycles. The Labute approximate surface area is 131 Å². The Morgan fingerprint density at radius 3 is 2.90 bits per heavy atom. The fourth-order valence-corrected chi connectivity index (χ4v) is 4.10. The minimum Gasteiger partial charge on any atom is -0.465 e. The molecule has 21 heavy (non-hydrogen) atoms. The lowest BCUT2D eigenvalue weighted by atomic mass is 10.2. The summed E-state index contributed by atoms with van der Waals surface area (Å²) < 4.78 is 5.78. The van der Waals surface area contributed by atoms with Gasteiger partial charge in [-0.05, 0) is 25.1 Å². The van der Waals surface area contributed by atoms with Gasteiger partial charge in [-0.15, -0.1) is 11.3 Å². The molecule has 0 aliphatic rings. The van der Waals surface area contributed by atoms with Crippen LogP contribution >= 0.6 is 23.1 Å². The summed E-state index contributed by atoms with van der Waals surface area (Å²) >= 11 is 3.06. The van der Waals surface area contributed by atoms with Crippen LogP contribution in [0.25, 0.3) is 10.1 Å². The molecule has 0 bridgehead atoms. The van der Waals surface area contributed by atoms with Gasteiger partial charge in [0.1, 0.15) is 4.88 Å². The van der Waals surface area contributed by atoms with Crippen molar-refractivity contribution in [3.05, 3.63) is 53.2 Å². The maximum absolute atomic E-state index is 11.7. The molecule has 3 aromatic rings. The first-order chi connectivity index (χ1) is 10.2. The largest absolute Gasteiger partial charge is 0.465 e. The maximum atomic E-state index is 11.7. The van der Waals surface area contributed by atoms with E-state index in [0.29, 0.717) is 4.88 Å². The highest BCUT2D eigenvalue weighted by atomic mass is 32.2. The third kappa shape index (κ3) is 2.94. The molecule has 3 nitrogen and oxygen atoms in total. The molecule has 0 aliphatic heterocycles. The highest BCUT2D eigenvalue weighted by molar-refractivity contribution is 7.99. The summed E-state index contributed by atoms with van der Waals surface area (Å²) in [4.78, 5) is 18.7. The SMILES string of the molecule is COC(=O)c1cc2c(Sc3cccc(C)c3)cncc2s1. The fourth-order valence-electron chi connectivity index (χ4n) is 2.02. The molecule has 0 spiro atoms. The Kier molecular flexibility index (Phi) is 3.94. The van der Waals surface area contributed by atoms with Crippen molar-refractivity contribution < 1.29 is 9.53 Å². The second-order valence-electron chi connectivity index (χ2n) is 4.57. The molecule has 0 unspecified atom stereocenters. The van der Waals surface area contributed by atoms with Crippen LogP contribution in [0.5, 0.6) is 0 Å². The lowest BCUT2D eigenvalue weighted by molar-refractivity contribution is 0.0606. The number of pyridine rings is 1. The second kappa shape index (κ2) is 5.87. The first-order valence-corrected chi connectivity index (χ1v) is 8.01. The average molecular weight is 315 g/mol. The van der Waals surface area contributed by atoms with Crippen LogP contribution in [-0.4, -0.2) is 18.1 Å². The molecule has 106 valence electrons. The Morgan fingerprint density at radius 2 is 2.14 bits per heavy atom. The number of ether oxygens (including phenoxy) is 1. The van der Waals surface area contributed by atoms with Gasteiger partial charge < -0.3 is 4.74 Å². The van der Waals surface area contributed by atoms with Gasteiger partial charge in [-0.2, -0.15) is 0 Å². The van der Waals surface area contributed by atoms with Crippen LogP contribution in [0, 0.1) is 6.92 Å². The molecule has 0 N–H and O–H groups in total. The number of hydrogen-bond donors (Lipinski definition) is 0. The number of nitrogens with zero attached hydrogens (tertiary/aromatic N) is 1. The predicted octanol–water partition coefficient (Wildman–Crippen LogP) is 4.54. The van der Waals surface area contributed by atoms with Gasteiger partial charge in [-0.25, -0.2) is 4.79 Å². The monoisotopic (exact) mass is 315 g/mol. The zero-order chi connectivity index (χ0) is 14.8. The van der Waals surface area contributed by atoms with E-state index in [1.165, 1.54) is 24.0 Å². The number of methoxy groups -OCH3 is 1. The topological polar surface area (TPSA) is 39.2 Å². The summed E-state index contributed by atoms with van der Waals surface area (Å²) in [6.45, 7) is 2.07. The van der Waals surface area contributed by atoms with Crippen LogP contribution in [0.4, 0.5) is 0 Å². The number of hydrogen-bond acceptors (Lipinski definition) is 5. The second-order valence-corrected chi connectivity index (χ2v) is 6.77. The number of aromatic nitrogens is 1. The molecule has 5 heteroatoms. The molecule has 1 aromatic carbocycles. The van der Waals surface area contributed by atoms with Crippen molar-refractivity contribution in [2.45, 2.75) is 16.7 Å². The molecule has 0 saturated heterocycles. The number of thiophene rings is 1. The molecule has 0 fully saturated rings. The predicted molar refractivity (Wildman–Crippen MR) is 86.3 cm³/mol. The number of fused-ring (bicyclic) bond motifs is 1. The maximum Gasteiger partial charge on any atom is 0.348 e. The van der Waals surface area contributed by atoms with E-state index in [4.69, 9.17) is 4.74 Å². The highest BCUT2D eigenvalue weighted by Gasteiger charge is 2.13. The number of carbonyl (C=O) groups is 1. The van der Waals surface area contributed by atoms with E-state index < -0.39 is 0 Å². The Balaban J connectivity index is 2.02. The van der Waals surface area contributed by atoms with Gasteiger partial charge in [0.05, 0.1) is 11.8 Å². The van der Waals surface area contributed by atoms with E-state index in [2.05, 4.69) is 30.1 Å². The molecule has 2 heterocycles. The van der Waals surface area contributed by atoms with Gasteiger partial charge in [0.15, 0.2) is 0 Å². The quantitative estimate of drug-likeness (QED) is 0.665. The summed E-state index contributed by atoms with van der Waals surface area (Å²) in [5, 5.41) is 1.04. The Bertz CT molecular complexity index is 811. The normalized spacial score (nSPS) is 10.8. The number of esters is 1. The van der Waals surface area contributed by atoms with E-state index in [9.17, 15) is 4.79 Å². The van der Waals surface area contributed by atoms with E-state index in [1.807, 2.05) is 18.3 Å². The van der Waals surface area contributed by atoms with Crippen molar-refractivity contribution in [2.75, 3.05) is 7.11 Å². The van der Waals surface area contributed by atoms with Gasteiger partial charge in [0, 0.05) is 27.6 Å². The van der Waals surface area contributed by atoms with Gasteiger partial charge in [0.25, 0.3) is 0 Å². The highest BCUT2D eigenvalue weighted by Crippen LogP contribution is 2.36. The fraction of sp³-hybridized carbons (Fsp3) is 0.125. The molecule has 0 radical (unpaired) electrons. The van der Waals surface area contributed by atoms with Gasteiger partial charge in [-0.3, -0.25) is 4.98 Å². The molecule has 0 amide bonds. The van der Waals surface area contributed by atoms with E-state index in [1.54, 1.807) is 18.0 Å². The van der Waals surface area contributed by atoms with Crippen LogP contribution in [0.2, 0.25) is 0 Å². The summed E-state index contributed by atoms with van der Waals surface area (Å²) in [5.41, 5.74) is 1.22. The zero-order valence-electron chi connectivity index (χ0n) is 11.6. The minimum absolute atomic E-state index is 0.303. The minimum atomic E-state index is -0.303. The molecular formula is C16H13NO2S2. The van der Waals surface area contributed by atoms with Crippen LogP contribution in [0.15, 0.2) is 52.5 Å². The smallest absolute Gasteiger partial charge is 0.348 e. The standard InChI is InChI=1S/C16H13NO2S2/c1-10-4-3-5-11(6-10)20-14-8-17-9-15-12(14)7-13(21-15)16(18)19-2/h3-9H,1-2H3. The van der Waals surface area contributed by atoms with Crippen LogP contribution in [-0.2, 0) is 4.74 Å². The molecule has 3 rings (SSSR count). The summed E-state index contributed by atoms with van der Waals surface area (Å²) in [5.74, 6) is -0.303. The first-order valence-electron chi connectivity index (χ1n) is 6.38. The molecule has 0 saturated carbocycles. The van der Waals surface area contributed by atoms with Crippen LogP contribution < -0.4 is 0 Å². The number of carbonyl (C=O) groups excluding carboxylic acids is 1. The van der Waals surface area contributed by atoms with Crippen LogP contribution in [0.3, 0.4) is 0 Å². The lowest BCUT2D eigenvalue weighted by Crippen LogP contribution is -1.96. The van der Waals surface area contributed by atoms with Crippen molar-refractivity contribution >= 4 is 39.2 Å². The average Bonchev–Trinajstić information content (AvgIpc) is 2.92. The van der Waals surface area contributed by atoms with Crippen LogP contribution in [0.1, 0.15) is 15.2 Å². The van der Waals surface area contributed by atoms with E-state index in [0.717, 1.165) is 19.9 Å². The van der Waals surface area contributed by atoms with E-state index >= 15 is 0 Å².